The van der Waals surface area contributed by atoms with Crippen LogP contribution in [0.15, 0.2) is 48.5 Å². The highest BCUT2D eigenvalue weighted by molar-refractivity contribution is 6.03. The van der Waals surface area contributed by atoms with Gasteiger partial charge in [0.1, 0.15) is 13.2 Å². The van der Waals surface area contributed by atoms with E-state index in [-0.39, 0.29) is 24.3 Å². The number of carbonyl (C=O) groups excluding carboxylic acids is 4. The van der Waals surface area contributed by atoms with Gasteiger partial charge in [0.05, 0.1) is 48.7 Å². The van der Waals surface area contributed by atoms with Gasteiger partial charge in [-0.05, 0) is 61.8 Å². The van der Waals surface area contributed by atoms with E-state index < -0.39 is 23.9 Å². The van der Waals surface area contributed by atoms with Crippen LogP contribution in [0, 0.1) is 11.8 Å². The molecule has 0 aliphatic heterocycles. The van der Waals surface area contributed by atoms with Crippen molar-refractivity contribution < 1.29 is 47.6 Å². The molecule has 0 unspecified atom stereocenters. The molecule has 0 atom stereocenters. The molecule has 2 rings (SSSR count). The van der Waals surface area contributed by atoms with Crippen molar-refractivity contribution in [2.75, 3.05) is 52.9 Å². The Morgan fingerprint density at radius 1 is 0.393 bits per heavy atom. The lowest BCUT2D eigenvalue weighted by atomic mass is 10.0. The number of ether oxygens (including phenoxy) is 6. The zero-order valence-electron chi connectivity index (χ0n) is 35.4. The van der Waals surface area contributed by atoms with E-state index in [1.54, 1.807) is 48.5 Å². The highest BCUT2D eigenvalue weighted by atomic mass is 16.6. The van der Waals surface area contributed by atoms with Crippen molar-refractivity contribution in [2.45, 2.75) is 131 Å². The lowest BCUT2D eigenvalue weighted by molar-refractivity contribution is 0.0276. The van der Waals surface area contributed by atoms with E-state index in [1.165, 1.54) is 25.7 Å². The standard InChI is InChI=1S/C26H42O4.C20H30O6/c1-21(2)15-9-5-7-13-19-29-25(27)23-17-11-12-18-24(23)26(28)30-20-14-8-6-10-16-22(3)4;1-3-5-11-23-13-15-25-19(21)17-9-7-8-10-18(17)20(22)26-16-14-24-12-6-4-2/h11-12,17-18,21-22H,5-10,13-16,19-20H2,1-4H3;7-10H,3-6,11-16H2,1-2H3. The minimum atomic E-state index is -0.559. The first-order valence-electron chi connectivity index (χ1n) is 21.1. The molecule has 0 aliphatic rings. The Morgan fingerprint density at radius 2 is 0.696 bits per heavy atom. The summed E-state index contributed by atoms with van der Waals surface area (Å²) in [7, 11) is 0. The SMILES string of the molecule is CC(C)CCCCCCOC(=O)c1ccccc1C(=O)OCCCCCCC(C)C.CCCCOCCOC(=O)c1ccccc1C(=O)OCCOCCCC. The number of benzene rings is 2. The zero-order chi connectivity index (χ0) is 41.2. The highest BCUT2D eigenvalue weighted by Crippen LogP contribution is 2.16. The molecule has 10 heteroatoms. The van der Waals surface area contributed by atoms with Gasteiger partial charge in [-0.25, -0.2) is 19.2 Å². The Labute approximate surface area is 337 Å². The Bertz CT molecular complexity index is 1240. The van der Waals surface area contributed by atoms with Crippen molar-refractivity contribution in [3.63, 3.8) is 0 Å². The second-order valence-corrected chi connectivity index (χ2v) is 14.8. The van der Waals surface area contributed by atoms with Crippen LogP contribution in [0.2, 0.25) is 0 Å². The predicted octanol–water partition coefficient (Wildman–Crippen LogP) is 10.8. The average molecular weight is 785 g/mol. The minimum absolute atomic E-state index is 0.150. The van der Waals surface area contributed by atoms with Crippen molar-refractivity contribution in [2.24, 2.45) is 11.8 Å². The number of unbranched alkanes of at least 4 members (excludes halogenated alkanes) is 8. The molecule has 0 saturated heterocycles. The van der Waals surface area contributed by atoms with Gasteiger partial charge in [0.15, 0.2) is 0 Å². The normalized spacial score (nSPS) is 10.9. The summed E-state index contributed by atoms with van der Waals surface area (Å²) in [6, 6.07) is 13.2. The molecule has 0 saturated carbocycles. The Kier molecular flexibility index (Phi) is 30.0. The van der Waals surface area contributed by atoms with Gasteiger partial charge >= 0.3 is 23.9 Å². The predicted molar refractivity (Wildman–Crippen MR) is 221 cm³/mol. The van der Waals surface area contributed by atoms with E-state index >= 15 is 0 Å². The van der Waals surface area contributed by atoms with Crippen molar-refractivity contribution in [3.05, 3.63) is 70.8 Å². The number of esters is 4. The lowest BCUT2D eigenvalue weighted by Gasteiger charge is -2.10. The lowest BCUT2D eigenvalue weighted by Crippen LogP contribution is -2.17. The summed E-state index contributed by atoms with van der Waals surface area (Å²) in [5.41, 5.74) is 0.967. The summed E-state index contributed by atoms with van der Waals surface area (Å²) in [6.07, 6.45) is 15.1. The summed E-state index contributed by atoms with van der Waals surface area (Å²) in [5, 5.41) is 0. The maximum Gasteiger partial charge on any atom is 0.339 e. The fraction of sp³-hybridized carbons (Fsp3) is 0.652. The molecule has 0 spiro atoms. The van der Waals surface area contributed by atoms with Crippen LogP contribution < -0.4 is 0 Å². The molecule has 0 fully saturated rings. The molecule has 0 heterocycles. The average Bonchev–Trinajstić information content (AvgIpc) is 3.19. The summed E-state index contributed by atoms with van der Waals surface area (Å²) < 4.78 is 31.8. The Balaban J connectivity index is 0.000000566. The van der Waals surface area contributed by atoms with Crippen LogP contribution >= 0.6 is 0 Å². The van der Waals surface area contributed by atoms with Gasteiger partial charge < -0.3 is 28.4 Å². The maximum absolute atomic E-state index is 12.4. The summed E-state index contributed by atoms with van der Waals surface area (Å²) in [5.74, 6) is -0.531. The van der Waals surface area contributed by atoms with Crippen molar-refractivity contribution >= 4 is 23.9 Å². The van der Waals surface area contributed by atoms with Gasteiger partial charge in [-0.2, -0.15) is 0 Å². The molecule has 2 aromatic carbocycles. The molecular weight excluding hydrogens is 712 g/mol. The van der Waals surface area contributed by atoms with Crippen LogP contribution in [0.1, 0.15) is 173 Å². The van der Waals surface area contributed by atoms with Crippen LogP contribution in [0.5, 0.6) is 0 Å². The van der Waals surface area contributed by atoms with Gasteiger partial charge in [-0.15, -0.1) is 0 Å². The van der Waals surface area contributed by atoms with Crippen LogP contribution in [0.3, 0.4) is 0 Å². The number of hydrogen-bond acceptors (Lipinski definition) is 10. The Morgan fingerprint density at radius 3 is 1.00 bits per heavy atom. The molecule has 56 heavy (non-hydrogen) atoms. The molecule has 2 aromatic rings. The molecule has 10 nitrogen and oxygen atoms in total. The summed E-state index contributed by atoms with van der Waals surface area (Å²) >= 11 is 0. The molecule has 0 amide bonds. The fourth-order valence-electron chi connectivity index (χ4n) is 5.42. The molecule has 0 radical (unpaired) electrons. The van der Waals surface area contributed by atoms with Gasteiger partial charge in [0, 0.05) is 13.2 Å². The Hall–Kier alpha value is -3.76. The van der Waals surface area contributed by atoms with Crippen LogP contribution in [-0.2, 0) is 28.4 Å². The van der Waals surface area contributed by atoms with Gasteiger partial charge in [0.2, 0.25) is 0 Å². The van der Waals surface area contributed by atoms with E-state index in [1.807, 2.05) is 0 Å². The third-order valence-corrected chi connectivity index (χ3v) is 8.76. The van der Waals surface area contributed by atoms with E-state index in [2.05, 4.69) is 41.5 Å². The highest BCUT2D eigenvalue weighted by Gasteiger charge is 2.20. The second-order valence-electron chi connectivity index (χ2n) is 14.8. The minimum Gasteiger partial charge on any atom is -0.462 e. The van der Waals surface area contributed by atoms with E-state index in [9.17, 15) is 19.2 Å². The second kappa shape index (κ2) is 33.4. The third-order valence-electron chi connectivity index (χ3n) is 8.76. The van der Waals surface area contributed by atoms with Crippen molar-refractivity contribution in [1.82, 2.24) is 0 Å². The smallest absolute Gasteiger partial charge is 0.339 e. The summed E-state index contributed by atoms with van der Waals surface area (Å²) in [4.78, 5) is 49.2. The quantitative estimate of drug-likeness (QED) is 0.0429. The van der Waals surface area contributed by atoms with Crippen LogP contribution in [-0.4, -0.2) is 76.7 Å². The van der Waals surface area contributed by atoms with Gasteiger partial charge in [-0.1, -0.05) is 130 Å². The maximum atomic E-state index is 12.4. The largest absolute Gasteiger partial charge is 0.462 e. The molecule has 0 N–H and O–H groups in total. The summed E-state index contributed by atoms with van der Waals surface area (Å²) in [6.45, 7) is 16.2. The first kappa shape index (κ1) is 50.3. The van der Waals surface area contributed by atoms with Crippen LogP contribution in [0.4, 0.5) is 0 Å². The molecule has 0 aliphatic carbocycles. The van der Waals surface area contributed by atoms with Crippen molar-refractivity contribution in [3.8, 4) is 0 Å². The van der Waals surface area contributed by atoms with Crippen LogP contribution in [0.25, 0.3) is 0 Å². The molecule has 0 aromatic heterocycles. The molecular formula is C46H72O10. The first-order valence-corrected chi connectivity index (χ1v) is 21.1. The molecule has 316 valence electrons. The van der Waals surface area contributed by atoms with Gasteiger partial charge in [0.25, 0.3) is 0 Å². The monoisotopic (exact) mass is 785 g/mol. The number of rotatable bonds is 30. The van der Waals surface area contributed by atoms with E-state index in [0.29, 0.717) is 50.8 Å². The zero-order valence-corrected chi connectivity index (χ0v) is 35.4. The van der Waals surface area contributed by atoms with E-state index in [0.717, 1.165) is 76.0 Å². The first-order chi connectivity index (χ1) is 27.1. The van der Waals surface area contributed by atoms with E-state index in [4.69, 9.17) is 28.4 Å². The molecule has 0 bridgehead atoms. The van der Waals surface area contributed by atoms with Gasteiger partial charge in [-0.3, -0.25) is 0 Å². The fourth-order valence-corrected chi connectivity index (χ4v) is 5.42. The topological polar surface area (TPSA) is 124 Å². The van der Waals surface area contributed by atoms with Crippen molar-refractivity contribution in [1.29, 1.82) is 0 Å². The third kappa shape index (κ3) is 24.7. The number of hydrogen-bond donors (Lipinski definition) is 0. The number of carbonyl (C=O) groups is 4.